The van der Waals surface area contributed by atoms with Crippen molar-refractivity contribution in [3.05, 3.63) is 52.5 Å². The maximum absolute atomic E-state index is 13.2. The van der Waals surface area contributed by atoms with E-state index < -0.39 is 10.0 Å². The molecule has 0 amide bonds. The van der Waals surface area contributed by atoms with Crippen LogP contribution in [0.25, 0.3) is 0 Å². The first kappa shape index (κ1) is 23.9. The van der Waals surface area contributed by atoms with Gasteiger partial charge in [0, 0.05) is 17.6 Å². The highest BCUT2D eigenvalue weighted by molar-refractivity contribution is 7.89. The van der Waals surface area contributed by atoms with Gasteiger partial charge in [-0.05, 0) is 66.4 Å². The predicted octanol–water partition coefficient (Wildman–Crippen LogP) is 4.28. The van der Waals surface area contributed by atoms with Crippen LogP contribution in [0.2, 0.25) is 5.02 Å². The number of halogens is 1. The zero-order valence-corrected chi connectivity index (χ0v) is 20.3. The standard InChI is InChI=1S/C23H31ClN2O4S/c1-6-26-12-11-16-13-20(29-4)21(30-5)14-19(16)23(26)22(15(2)3)25-31(27,28)18-9-7-17(24)8-10-18/h7-10,13-15,22-23,25H,6,11-12H2,1-5H3/t22-,23-/m0/s1. The van der Waals surface area contributed by atoms with Gasteiger partial charge in [0.15, 0.2) is 11.5 Å². The molecule has 2 aromatic carbocycles. The Morgan fingerprint density at radius 3 is 2.29 bits per heavy atom. The Balaban J connectivity index is 2.06. The lowest BCUT2D eigenvalue weighted by Crippen LogP contribution is -2.51. The third-order valence-electron chi connectivity index (χ3n) is 5.91. The minimum atomic E-state index is -3.72. The van der Waals surface area contributed by atoms with Crippen LogP contribution < -0.4 is 14.2 Å². The lowest BCUT2D eigenvalue weighted by atomic mass is 9.84. The maximum Gasteiger partial charge on any atom is 0.240 e. The van der Waals surface area contributed by atoms with E-state index in [0.29, 0.717) is 16.5 Å². The van der Waals surface area contributed by atoms with Gasteiger partial charge in [-0.25, -0.2) is 13.1 Å². The molecule has 0 saturated carbocycles. The molecule has 2 atom stereocenters. The molecular formula is C23H31ClN2O4S. The van der Waals surface area contributed by atoms with Crippen molar-refractivity contribution in [2.75, 3.05) is 27.3 Å². The van der Waals surface area contributed by atoms with E-state index in [1.807, 2.05) is 26.0 Å². The molecule has 1 heterocycles. The van der Waals surface area contributed by atoms with Crippen LogP contribution in [0.1, 0.15) is 37.9 Å². The summed E-state index contributed by atoms with van der Waals surface area (Å²) in [5.41, 5.74) is 2.23. The molecule has 31 heavy (non-hydrogen) atoms. The first-order chi connectivity index (χ1) is 14.7. The Morgan fingerprint density at radius 1 is 1.13 bits per heavy atom. The summed E-state index contributed by atoms with van der Waals surface area (Å²) in [6.45, 7) is 7.83. The quantitative estimate of drug-likeness (QED) is 0.628. The summed E-state index contributed by atoms with van der Waals surface area (Å²) >= 11 is 5.94. The molecule has 170 valence electrons. The molecule has 0 aliphatic carbocycles. The zero-order chi connectivity index (χ0) is 22.8. The number of rotatable bonds is 8. The molecule has 0 radical (unpaired) electrons. The van der Waals surface area contributed by atoms with Gasteiger partial charge in [-0.15, -0.1) is 0 Å². The molecule has 0 bridgehead atoms. The molecule has 0 saturated heterocycles. The van der Waals surface area contributed by atoms with E-state index in [1.54, 1.807) is 26.4 Å². The van der Waals surface area contributed by atoms with Crippen LogP contribution in [0.15, 0.2) is 41.3 Å². The predicted molar refractivity (Wildman–Crippen MR) is 124 cm³/mol. The fourth-order valence-electron chi connectivity index (χ4n) is 4.23. The van der Waals surface area contributed by atoms with E-state index in [9.17, 15) is 8.42 Å². The number of sulfonamides is 1. The van der Waals surface area contributed by atoms with Gasteiger partial charge in [-0.1, -0.05) is 32.4 Å². The van der Waals surface area contributed by atoms with Crippen molar-refractivity contribution in [2.24, 2.45) is 5.92 Å². The monoisotopic (exact) mass is 466 g/mol. The number of methoxy groups -OCH3 is 2. The number of benzene rings is 2. The number of likely N-dealkylation sites (N-methyl/N-ethyl adjacent to an activating group) is 1. The largest absolute Gasteiger partial charge is 0.493 e. The van der Waals surface area contributed by atoms with E-state index in [-0.39, 0.29) is 22.9 Å². The van der Waals surface area contributed by atoms with E-state index in [0.717, 1.165) is 30.6 Å². The summed E-state index contributed by atoms with van der Waals surface area (Å²) in [5, 5.41) is 0.499. The van der Waals surface area contributed by atoms with E-state index >= 15 is 0 Å². The number of hydrogen-bond acceptors (Lipinski definition) is 5. The van der Waals surface area contributed by atoms with Gasteiger partial charge < -0.3 is 9.47 Å². The van der Waals surface area contributed by atoms with Gasteiger partial charge in [-0.2, -0.15) is 0 Å². The summed E-state index contributed by atoms with van der Waals surface area (Å²) in [4.78, 5) is 2.53. The number of hydrogen-bond donors (Lipinski definition) is 1. The Labute approximate surface area is 190 Å². The smallest absolute Gasteiger partial charge is 0.240 e. The van der Waals surface area contributed by atoms with Crippen LogP contribution in [-0.4, -0.2) is 46.7 Å². The summed E-state index contributed by atoms with van der Waals surface area (Å²) in [6.07, 6.45) is 0.870. The second kappa shape index (κ2) is 9.77. The normalized spacial score (nSPS) is 18.0. The van der Waals surface area contributed by atoms with Crippen molar-refractivity contribution in [1.82, 2.24) is 9.62 Å². The Morgan fingerprint density at radius 2 is 1.74 bits per heavy atom. The van der Waals surface area contributed by atoms with Crippen molar-refractivity contribution < 1.29 is 17.9 Å². The second-order valence-electron chi connectivity index (χ2n) is 8.07. The highest BCUT2D eigenvalue weighted by atomic mass is 35.5. The highest BCUT2D eigenvalue weighted by Crippen LogP contribution is 2.41. The first-order valence-electron chi connectivity index (χ1n) is 10.5. The lowest BCUT2D eigenvalue weighted by molar-refractivity contribution is 0.141. The lowest BCUT2D eigenvalue weighted by Gasteiger charge is -2.43. The minimum Gasteiger partial charge on any atom is -0.493 e. The van der Waals surface area contributed by atoms with Crippen molar-refractivity contribution in [1.29, 1.82) is 0 Å². The second-order valence-corrected chi connectivity index (χ2v) is 10.2. The number of nitrogens with one attached hydrogen (secondary N) is 1. The average Bonchev–Trinajstić information content (AvgIpc) is 2.75. The average molecular weight is 467 g/mol. The van der Waals surface area contributed by atoms with E-state index in [1.165, 1.54) is 12.1 Å². The molecule has 2 aromatic rings. The van der Waals surface area contributed by atoms with Gasteiger partial charge in [-0.3, -0.25) is 4.90 Å². The summed E-state index contributed by atoms with van der Waals surface area (Å²) in [7, 11) is -0.486. The maximum atomic E-state index is 13.2. The molecule has 8 heteroatoms. The third kappa shape index (κ3) is 5.00. The Kier molecular flexibility index (Phi) is 7.52. The molecule has 0 fully saturated rings. The topological polar surface area (TPSA) is 67.9 Å². The molecule has 1 aliphatic rings. The molecule has 0 unspecified atom stereocenters. The summed E-state index contributed by atoms with van der Waals surface area (Å²) in [5.74, 6) is 1.39. The fraction of sp³-hybridized carbons (Fsp3) is 0.478. The van der Waals surface area contributed by atoms with Gasteiger partial charge >= 0.3 is 0 Å². The van der Waals surface area contributed by atoms with Gasteiger partial charge in [0.05, 0.1) is 25.2 Å². The van der Waals surface area contributed by atoms with Crippen LogP contribution in [-0.2, 0) is 16.4 Å². The van der Waals surface area contributed by atoms with E-state index in [4.69, 9.17) is 21.1 Å². The van der Waals surface area contributed by atoms with Crippen molar-refractivity contribution in [2.45, 2.75) is 44.2 Å². The van der Waals surface area contributed by atoms with Crippen LogP contribution in [0.3, 0.4) is 0 Å². The van der Waals surface area contributed by atoms with Gasteiger partial charge in [0.1, 0.15) is 0 Å². The van der Waals surface area contributed by atoms with Crippen LogP contribution in [0, 0.1) is 5.92 Å². The molecule has 3 rings (SSSR count). The number of fused-ring (bicyclic) bond motifs is 1. The summed E-state index contributed by atoms with van der Waals surface area (Å²) in [6, 6.07) is 9.78. The van der Waals surface area contributed by atoms with Crippen LogP contribution in [0.4, 0.5) is 0 Å². The minimum absolute atomic E-state index is 0.0557. The molecule has 0 spiro atoms. The Bertz CT molecular complexity index is 1010. The van der Waals surface area contributed by atoms with Crippen LogP contribution in [0.5, 0.6) is 11.5 Å². The van der Waals surface area contributed by atoms with Crippen molar-refractivity contribution >= 4 is 21.6 Å². The fourth-order valence-corrected chi connectivity index (χ4v) is 5.75. The molecular weight excluding hydrogens is 436 g/mol. The van der Waals surface area contributed by atoms with Gasteiger partial charge in [0.2, 0.25) is 10.0 Å². The van der Waals surface area contributed by atoms with Crippen molar-refractivity contribution in [3.63, 3.8) is 0 Å². The highest BCUT2D eigenvalue weighted by Gasteiger charge is 2.38. The third-order valence-corrected chi connectivity index (χ3v) is 7.63. The Hall–Kier alpha value is -1.80. The zero-order valence-electron chi connectivity index (χ0n) is 18.7. The first-order valence-corrected chi connectivity index (χ1v) is 12.3. The summed E-state index contributed by atoms with van der Waals surface area (Å²) < 4.78 is 40.4. The van der Waals surface area contributed by atoms with Gasteiger partial charge in [0.25, 0.3) is 0 Å². The molecule has 1 aliphatic heterocycles. The number of nitrogens with zero attached hydrogens (tertiary/aromatic N) is 1. The molecule has 1 N–H and O–H groups in total. The molecule has 6 nitrogen and oxygen atoms in total. The van der Waals surface area contributed by atoms with E-state index in [2.05, 4.69) is 16.5 Å². The van der Waals surface area contributed by atoms with Crippen LogP contribution >= 0.6 is 11.6 Å². The van der Waals surface area contributed by atoms with Crippen molar-refractivity contribution in [3.8, 4) is 11.5 Å². The molecule has 0 aromatic heterocycles. The SMILES string of the molecule is CCN1CCc2cc(OC)c(OC)cc2[C@H]1[C@@H](NS(=O)(=O)c1ccc(Cl)cc1)C(C)C. The number of ether oxygens (including phenoxy) is 2.